The Morgan fingerprint density at radius 2 is 1.90 bits per heavy atom. The Labute approximate surface area is 128 Å². The molecule has 1 aliphatic carbocycles. The van der Waals surface area contributed by atoms with E-state index < -0.39 is 0 Å². The van der Waals surface area contributed by atoms with Crippen LogP contribution in [0.25, 0.3) is 0 Å². The molecule has 0 spiro atoms. The van der Waals surface area contributed by atoms with E-state index in [1.54, 1.807) is 0 Å². The number of nitrogens with one attached hydrogen (secondary N) is 2. The van der Waals surface area contributed by atoms with Crippen LogP contribution in [0.3, 0.4) is 0 Å². The molecule has 2 fully saturated rings. The third-order valence-electron chi connectivity index (χ3n) is 4.19. The Morgan fingerprint density at radius 3 is 2.48 bits per heavy atom. The molecular formula is C16H30N4O. The summed E-state index contributed by atoms with van der Waals surface area (Å²) < 4.78 is 0. The molecule has 2 unspecified atom stereocenters. The number of aliphatic imine (C=N–C) groups is 1. The molecule has 1 saturated heterocycles. The number of piperidine rings is 1. The first kappa shape index (κ1) is 16.1. The third kappa shape index (κ3) is 5.56. The summed E-state index contributed by atoms with van der Waals surface area (Å²) in [7, 11) is 1.84. The maximum absolute atomic E-state index is 11.6. The second-order valence-corrected chi connectivity index (χ2v) is 6.77. The minimum Gasteiger partial charge on any atom is -0.356 e. The zero-order chi connectivity index (χ0) is 15.2. The van der Waals surface area contributed by atoms with E-state index in [9.17, 15) is 4.79 Å². The number of rotatable bonds is 5. The number of likely N-dealkylation sites (tertiary alicyclic amines) is 1. The number of amides is 1. The van der Waals surface area contributed by atoms with Gasteiger partial charge in [-0.15, -0.1) is 0 Å². The molecule has 1 aliphatic heterocycles. The highest BCUT2D eigenvalue weighted by Gasteiger charge is 2.24. The second-order valence-electron chi connectivity index (χ2n) is 6.77. The molecule has 5 nitrogen and oxygen atoms in total. The van der Waals surface area contributed by atoms with Crippen molar-refractivity contribution in [3.63, 3.8) is 0 Å². The molecule has 2 N–H and O–H groups in total. The summed E-state index contributed by atoms with van der Waals surface area (Å²) in [5.74, 6) is 2.61. The Balaban J connectivity index is 1.66. The predicted octanol–water partition coefficient (Wildman–Crippen LogP) is 1.60. The molecule has 1 amide bonds. The summed E-state index contributed by atoms with van der Waals surface area (Å²) in [5.41, 5.74) is 0. The van der Waals surface area contributed by atoms with Crippen molar-refractivity contribution in [2.75, 3.05) is 26.7 Å². The monoisotopic (exact) mass is 294 g/mol. The molecule has 2 rings (SSSR count). The first-order valence-corrected chi connectivity index (χ1v) is 8.33. The highest BCUT2D eigenvalue weighted by molar-refractivity contribution is 5.80. The molecule has 120 valence electrons. The minimum atomic E-state index is 0.189. The van der Waals surface area contributed by atoms with Gasteiger partial charge in [0.15, 0.2) is 5.96 Å². The van der Waals surface area contributed by atoms with Crippen molar-refractivity contribution in [1.29, 1.82) is 0 Å². The second kappa shape index (κ2) is 7.66. The molecule has 0 aromatic rings. The van der Waals surface area contributed by atoms with E-state index >= 15 is 0 Å². The van der Waals surface area contributed by atoms with Crippen LogP contribution in [0.1, 0.15) is 46.0 Å². The van der Waals surface area contributed by atoms with Crippen LogP contribution in [-0.2, 0) is 4.79 Å². The number of carbonyl (C=O) groups excluding carboxylic acids is 1. The lowest BCUT2D eigenvalue weighted by Crippen LogP contribution is -2.48. The highest BCUT2D eigenvalue weighted by atomic mass is 16.1. The third-order valence-corrected chi connectivity index (χ3v) is 4.19. The van der Waals surface area contributed by atoms with Crippen molar-refractivity contribution < 1.29 is 4.79 Å². The van der Waals surface area contributed by atoms with Crippen molar-refractivity contribution in [3.05, 3.63) is 0 Å². The zero-order valence-corrected chi connectivity index (χ0v) is 13.7. The van der Waals surface area contributed by atoms with Crippen molar-refractivity contribution >= 4 is 11.9 Å². The van der Waals surface area contributed by atoms with Crippen molar-refractivity contribution in [2.45, 2.75) is 52.0 Å². The van der Waals surface area contributed by atoms with E-state index in [0.717, 1.165) is 56.7 Å². The Morgan fingerprint density at radius 1 is 1.24 bits per heavy atom. The number of hydrogen-bond donors (Lipinski definition) is 2. The van der Waals surface area contributed by atoms with Gasteiger partial charge in [0.2, 0.25) is 5.91 Å². The topological polar surface area (TPSA) is 56.7 Å². The van der Waals surface area contributed by atoms with E-state index in [2.05, 4.69) is 34.4 Å². The summed E-state index contributed by atoms with van der Waals surface area (Å²) in [4.78, 5) is 18.4. The van der Waals surface area contributed by atoms with E-state index in [4.69, 9.17) is 0 Å². The molecule has 0 aromatic heterocycles. The van der Waals surface area contributed by atoms with Gasteiger partial charge in [0.05, 0.1) is 0 Å². The lowest BCUT2D eigenvalue weighted by Gasteiger charge is -2.37. The smallest absolute Gasteiger partial charge is 0.220 e. The molecule has 0 radical (unpaired) electrons. The van der Waals surface area contributed by atoms with Gasteiger partial charge in [0.1, 0.15) is 0 Å². The van der Waals surface area contributed by atoms with Crippen LogP contribution < -0.4 is 10.6 Å². The minimum absolute atomic E-state index is 0.189. The molecule has 1 heterocycles. The van der Waals surface area contributed by atoms with E-state index in [1.807, 2.05) is 7.05 Å². The van der Waals surface area contributed by atoms with E-state index in [0.29, 0.717) is 12.5 Å². The first-order valence-electron chi connectivity index (χ1n) is 8.33. The fourth-order valence-corrected chi connectivity index (χ4v) is 3.14. The maximum atomic E-state index is 11.6. The van der Waals surface area contributed by atoms with Crippen LogP contribution in [0.2, 0.25) is 0 Å². The van der Waals surface area contributed by atoms with Crippen LogP contribution >= 0.6 is 0 Å². The molecule has 0 aromatic carbocycles. The zero-order valence-electron chi connectivity index (χ0n) is 13.7. The standard InChI is InChI=1S/C16H30N4O/c1-12-9-13(2)11-20(10-12)16(17-3)18-8-4-5-15(21)19-14-6-7-14/h12-14H,4-11H2,1-3H3,(H,17,18)(H,19,21). The quantitative estimate of drug-likeness (QED) is 0.460. The lowest BCUT2D eigenvalue weighted by atomic mass is 9.92. The van der Waals surface area contributed by atoms with E-state index in [1.165, 1.54) is 6.42 Å². The Kier molecular flexibility index (Phi) is 5.88. The van der Waals surface area contributed by atoms with Gasteiger partial charge in [-0.25, -0.2) is 0 Å². The molecular weight excluding hydrogens is 264 g/mol. The SMILES string of the molecule is CN=C(NCCCC(=O)NC1CC1)N1CC(C)CC(C)C1. The van der Waals surface area contributed by atoms with Gasteiger partial charge in [0, 0.05) is 39.1 Å². The van der Waals surface area contributed by atoms with Gasteiger partial charge < -0.3 is 15.5 Å². The summed E-state index contributed by atoms with van der Waals surface area (Å²) in [6.07, 6.45) is 5.07. The molecule has 21 heavy (non-hydrogen) atoms. The average Bonchev–Trinajstić information content (AvgIpc) is 3.21. The van der Waals surface area contributed by atoms with Gasteiger partial charge >= 0.3 is 0 Å². The van der Waals surface area contributed by atoms with Crippen LogP contribution in [-0.4, -0.2) is 49.5 Å². The molecule has 5 heteroatoms. The van der Waals surface area contributed by atoms with Gasteiger partial charge in [-0.1, -0.05) is 13.8 Å². The number of nitrogens with zero attached hydrogens (tertiary/aromatic N) is 2. The maximum Gasteiger partial charge on any atom is 0.220 e. The van der Waals surface area contributed by atoms with Crippen molar-refractivity contribution in [2.24, 2.45) is 16.8 Å². The number of guanidine groups is 1. The van der Waals surface area contributed by atoms with Crippen LogP contribution in [0.5, 0.6) is 0 Å². The summed E-state index contributed by atoms with van der Waals surface area (Å²) in [6.45, 7) is 7.57. The van der Waals surface area contributed by atoms with Gasteiger partial charge in [-0.05, 0) is 37.5 Å². The summed E-state index contributed by atoms with van der Waals surface area (Å²) >= 11 is 0. The molecule has 2 atom stereocenters. The predicted molar refractivity (Wildman–Crippen MR) is 86.3 cm³/mol. The average molecular weight is 294 g/mol. The van der Waals surface area contributed by atoms with E-state index in [-0.39, 0.29) is 5.91 Å². The van der Waals surface area contributed by atoms with Crippen LogP contribution in [0, 0.1) is 11.8 Å². The fourth-order valence-electron chi connectivity index (χ4n) is 3.14. The van der Waals surface area contributed by atoms with Gasteiger partial charge in [0.25, 0.3) is 0 Å². The molecule has 1 saturated carbocycles. The number of carbonyl (C=O) groups is 1. The summed E-state index contributed by atoms with van der Waals surface area (Å²) in [5, 5.41) is 6.42. The van der Waals surface area contributed by atoms with Crippen molar-refractivity contribution in [3.8, 4) is 0 Å². The fraction of sp³-hybridized carbons (Fsp3) is 0.875. The van der Waals surface area contributed by atoms with Crippen molar-refractivity contribution in [1.82, 2.24) is 15.5 Å². The van der Waals surface area contributed by atoms with Gasteiger partial charge in [-0.2, -0.15) is 0 Å². The summed E-state index contributed by atoms with van der Waals surface area (Å²) in [6, 6.07) is 0.467. The van der Waals surface area contributed by atoms with Gasteiger partial charge in [-0.3, -0.25) is 9.79 Å². The van der Waals surface area contributed by atoms with Crippen LogP contribution in [0.15, 0.2) is 4.99 Å². The molecule has 0 bridgehead atoms. The Hall–Kier alpha value is -1.26. The first-order chi connectivity index (χ1) is 10.1. The van der Waals surface area contributed by atoms with Crippen LogP contribution in [0.4, 0.5) is 0 Å². The normalized spacial score (nSPS) is 26.6. The Bertz CT molecular complexity index is 368. The largest absolute Gasteiger partial charge is 0.356 e. The molecule has 2 aliphatic rings. The highest BCUT2D eigenvalue weighted by Crippen LogP contribution is 2.21. The lowest BCUT2D eigenvalue weighted by molar-refractivity contribution is -0.121. The number of hydrogen-bond acceptors (Lipinski definition) is 2.